The number of methoxy groups -OCH3 is 1. The number of thioether (sulfide) groups is 1. The van der Waals surface area contributed by atoms with Gasteiger partial charge in [0.2, 0.25) is 0 Å². The maximum absolute atomic E-state index is 12.9. The number of carboxylic acids is 1. The van der Waals surface area contributed by atoms with E-state index in [1.807, 2.05) is 13.8 Å². The molecule has 0 bridgehead atoms. The lowest BCUT2D eigenvalue weighted by molar-refractivity contribution is -0.384. The highest BCUT2D eigenvalue weighted by atomic mass is 32.2. The van der Waals surface area contributed by atoms with E-state index in [2.05, 4.69) is 0 Å². The lowest BCUT2D eigenvalue weighted by atomic mass is 10.0. The highest BCUT2D eigenvalue weighted by Crippen LogP contribution is 2.37. The topological polar surface area (TPSA) is 123 Å². The lowest BCUT2D eigenvalue weighted by Gasteiger charge is -2.24. The van der Waals surface area contributed by atoms with Gasteiger partial charge < -0.3 is 14.3 Å². The number of rotatable bonds is 8. The fourth-order valence-corrected chi connectivity index (χ4v) is 4.55. The Balaban J connectivity index is 1.90. The summed E-state index contributed by atoms with van der Waals surface area (Å²) in [6.45, 7) is 3.73. The van der Waals surface area contributed by atoms with E-state index in [0.29, 0.717) is 5.75 Å². The van der Waals surface area contributed by atoms with Gasteiger partial charge >= 0.3 is 5.97 Å². The molecule has 9 nitrogen and oxygen atoms in total. The Morgan fingerprint density at radius 2 is 2.09 bits per heavy atom. The summed E-state index contributed by atoms with van der Waals surface area (Å²) in [5.74, 6) is -0.724. The number of nitrogens with zero attached hydrogens (tertiary/aromatic N) is 2. The molecule has 1 aliphatic rings. The van der Waals surface area contributed by atoms with Crippen LogP contribution in [0.3, 0.4) is 0 Å². The van der Waals surface area contributed by atoms with E-state index in [9.17, 15) is 24.8 Å². The lowest BCUT2D eigenvalue weighted by Crippen LogP contribution is -2.44. The van der Waals surface area contributed by atoms with Crippen LogP contribution in [0.25, 0.3) is 17.4 Å². The van der Waals surface area contributed by atoms with E-state index in [-0.39, 0.29) is 44.3 Å². The molecule has 1 saturated heterocycles. The number of aliphatic carboxylic acids is 1. The summed E-state index contributed by atoms with van der Waals surface area (Å²) in [5.41, 5.74) is 0.0698. The van der Waals surface area contributed by atoms with Crippen molar-refractivity contribution in [1.29, 1.82) is 0 Å². The molecule has 168 valence electrons. The summed E-state index contributed by atoms with van der Waals surface area (Å²) in [7, 11) is 1.41. The average molecular weight is 477 g/mol. The molecule has 0 saturated carbocycles. The molecule has 0 spiro atoms. The fourth-order valence-electron chi connectivity index (χ4n) is 3.21. The molecule has 0 unspecified atom stereocenters. The number of nitro benzene ring substituents is 1. The third-order valence-electron chi connectivity index (χ3n) is 4.68. The second-order valence-corrected chi connectivity index (χ2v) is 9.05. The van der Waals surface area contributed by atoms with Crippen LogP contribution in [0.4, 0.5) is 5.69 Å². The predicted molar refractivity (Wildman–Crippen MR) is 123 cm³/mol. The van der Waals surface area contributed by atoms with Crippen molar-refractivity contribution in [2.45, 2.75) is 26.3 Å². The zero-order chi connectivity index (χ0) is 23.6. The minimum absolute atomic E-state index is 0.0534. The monoisotopic (exact) mass is 476 g/mol. The smallest absolute Gasteiger partial charge is 0.326 e. The normalized spacial score (nSPS) is 16.1. The fraction of sp³-hybridized carbons (Fsp3) is 0.286. The Labute approximate surface area is 193 Å². The van der Waals surface area contributed by atoms with Crippen LogP contribution in [-0.4, -0.2) is 44.3 Å². The molecule has 2 aromatic rings. The summed E-state index contributed by atoms with van der Waals surface area (Å²) in [5, 5.41) is 21.0. The maximum atomic E-state index is 12.9. The van der Waals surface area contributed by atoms with Crippen LogP contribution < -0.4 is 4.74 Å². The van der Waals surface area contributed by atoms with Crippen molar-refractivity contribution < 1.29 is 28.8 Å². The first-order valence-electron chi connectivity index (χ1n) is 9.54. The molecule has 1 aliphatic heterocycles. The predicted octanol–water partition coefficient (Wildman–Crippen LogP) is 4.56. The van der Waals surface area contributed by atoms with Crippen molar-refractivity contribution in [2.75, 3.05) is 7.11 Å². The maximum Gasteiger partial charge on any atom is 0.326 e. The highest BCUT2D eigenvalue weighted by molar-refractivity contribution is 8.26. The van der Waals surface area contributed by atoms with Gasteiger partial charge in [-0.3, -0.25) is 19.8 Å². The van der Waals surface area contributed by atoms with Gasteiger partial charge in [0.15, 0.2) is 0 Å². The molecule has 1 atom stereocenters. The largest absolute Gasteiger partial charge is 0.497 e. The van der Waals surface area contributed by atoms with Crippen molar-refractivity contribution in [2.24, 2.45) is 5.92 Å². The zero-order valence-corrected chi connectivity index (χ0v) is 19.1. The highest BCUT2D eigenvalue weighted by Gasteiger charge is 2.40. The molecule has 2 heterocycles. The second-order valence-electron chi connectivity index (χ2n) is 7.38. The zero-order valence-electron chi connectivity index (χ0n) is 17.4. The van der Waals surface area contributed by atoms with E-state index >= 15 is 0 Å². The number of carbonyl (C=O) groups is 2. The number of benzene rings is 1. The van der Waals surface area contributed by atoms with Gasteiger partial charge in [0.05, 0.1) is 28.6 Å². The van der Waals surface area contributed by atoms with E-state index in [0.717, 1.165) is 16.7 Å². The summed E-state index contributed by atoms with van der Waals surface area (Å²) in [6.07, 6.45) is 1.72. The molecule has 3 rings (SSSR count). The molecule has 1 aromatic carbocycles. The second kappa shape index (κ2) is 9.53. The number of ether oxygens (including phenoxy) is 1. The van der Waals surface area contributed by atoms with E-state index in [1.165, 1.54) is 25.3 Å². The molecule has 32 heavy (non-hydrogen) atoms. The molecule has 0 aliphatic carbocycles. The van der Waals surface area contributed by atoms with Gasteiger partial charge in [-0.15, -0.1) is 0 Å². The van der Waals surface area contributed by atoms with Gasteiger partial charge in [0.25, 0.3) is 11.6 Å². The Morgan fingerprint density at radius 3 is 2.69 bits per heavy atom. The molecule has 1 N–H and O–H groups in total. The summed E-state index contributed by atoms with van der Waals surface area (Å²) < 4.78 is 10.9. The number of thiocarbonyl (C=S) groups is 1. The van der Waals surface area contributed by atoms with Gasteiger partial charge in [0, 0.05) is 6.08 Å². The summed E-state index contributed by atoms with van der Waals surface area (Å²) in [6, 6.07) is 6.46. The van der Waals surface area contributed by atoms with Crippen molar-refractivity contribution >= 4 is 51.9 Å². The minimum atomic E-state index is -1.12. The van der Waals surface area contributed by atoms with Crippen LogP contribution in [0.2, 0.25) is 0 Å². The average Bonchev–Trinajstić information content (AvgIpc) is 3.30. The van der Waals surface area contributed by atoms with Crippen molar-refractivity contribution in [3.63, 3.8) is 0 Å². The van der Waals surface area contributed by atoms with E-state index in [4.69, 9.17) is 21.4 Å². The Bertz CT molecular complexity index is 1120. The number of furan rings is 1. The molecular weight excluding hydrogens is 456 g/mol. The van der Waals surface area contributed by atoms with E-state index in [1.54, 1.807) is 18.2 Å². The van der Waals surface area contributed by atoms with Crippen molar-refractivity contribution in [3.05, 3.63) is 51.1 Å². The Hall–Kier alpha value is -3.18. The van der Waals surface area contributed by atoms with Crippen LogP contribution in [-0.2, 0) is 9.59 Å². The van der Waals surface area contributed by atoms with Crippen molar-refractivity contribution in [1.82, 2.24) is 4.90 Å². The molecular formula is C21H20N2O7S2. The molecule has 1 fully saturated rings. The number of hydrogen-bond acceptors (Lipinski definition) is 8. The number of nitro groups is 1. The van der Waals surface area contributed by atoms with Crippen LogP contribution in [0.1, 0.15) is 26.0 Å². The number of hydrogen-bond donors (Lipinski definition) is 1. The van der Waals surface area contributed by atoms with Crippen LogP contribution in [0.15, 0.2) is 39.7 Å². The first kappa shape index (κ1) is 23.5. The Morgan fingerprint density at radius 1 is 1.38 bits per heavy atom. The molecule has 1 aromatic heterocycles. The van der Waals surface area contributed by atoms with E-state index < -0.39 is 22.8 Å². The molecule has 11 heteroatoms. The van der Waals surface area contributed by atoms with Crippen LogP contribution >= 0.6 is 24.0 Å². The minimum Gasteiger partial charge on any atom is -0.497 e. The third-order valence-corrected chi connectivity index (χ3v) is 6.01. The quantitative estimate of drug-likeness (QED) is 0.253. The summed E-state index contributed by atoms with van der Waals surface area (Å²) in [4.78, 5) is 36.8. The third kappa shape index (κ3) is 4.83. The molecule has 1 amide bonds. The van der Waals surface area contributed by atoms with Gasteiger partial charge in [-0.2, -0.15) is 0 Å². The number of carbonyl (C=O) groups excluding carboxylic acids is 1. The van der Waals surface area contributed by atoms with Crippen LogP contribution in [0.5, 0.6) is 5.75 Å². The standard InChI is InChI=1S/C21H20N2O7S2/c1-11(2)8-16(20(25)26)22-19(24)18(32-21(22)31)10-13-5-7-17(30-13)14-6-4-12(29-3)9-15(14)23(27)28/h4-7,9-11,16H,8H2,1-3H3,(H,25,26)/b18-10+/t16-/m0/s1. The molecule has 0 radical (unpaired) electrons. The van der Waals surface area contributed by atoms with Crippen molar-refractivity contribution in [3.8, 4) is 17.1 Å². The summed E-state index contributed by atoms with van der Waals surface area (Å²) >= 11 is 6.25. The van der Waals surface area contributed by atoms with Crippen LogP contribution in [0, 0.1) is 16.0 Å². The Kier molecular flexibility index (Phi) is 6.99. The van der Waals surface area contributed by atoms with Gasteiger partial charge in [-0.25, -0.2) is 4.79 Å². The number of amides is 1. The SMILES string of the molecule is COc1ccc(-c2ccc(/C=C3/SC(=S)N([C@@H](CC(C)C)C(=O)O)C3=O)o2)c([N+](=O)[O-])c1. The first-order valence-corrected chi connectivity index (χ1v) is 10.8. The van der Waals surface area contributed by atoms with Gasteiger partial charge in [-0.1, -0.05) is 37.8 Å². The van der Waals surface area contributed by atoms with Gasteiger partial charge in [-0.05, 0) is 36.6 Å². The first-order chi connectivity index (χ1) is 15.1. The number of carboxylic acid groups (broad SMARTS) is 1. The van der Waals surface area contributed by atoms with Gasteiger partial charge in [0.1, 0.15) is 27.6 Å².